The largest absolute Gasteiger partial charge is 0.364 e. The predicted octanol–water partition coefficient (Wildman–Crippen LogP) is 7.43. The minimum Gasteiger partial charge on any atom is -0.364 e. The molecule has 1 nitrogen and oxygen atoms in total. The third-order valence-electron chi connectivity index (χ3n) is 7.45. The highest BCUT2D eigenvalue weighted by molar-refractivity contribution is 5.94. The maximum atomic E-state index is 7.01. The number of rotatable bonds is 2. The van der Waals surface area contributed by atoms with Crippen molar-refractivity contribution in [3.8, 4) is 0 Å². The van der Waals surface area contributed by atoms with Gasteiger partial charge in [-0.2, -0.15) is 0 Å². The molecule has 0 bridgehead atoms. The Morgan fingerprint density at radius 2 is 0.848 bits per heavy atom. The Morgan fingerprint density at radius 1 is 0.455 bits per heavy atom. The van der Waals surface area contributed by atoms with Crippen LogP contribution in [0.25, 0.3) is 23.3 Å². The molecular weight excluding hydrogens is 400 g/mol. The summed E-state index contributed by atoms with van der Waals surface area (Å²) in [6.07, 6.45) is 4.81. The molecular formula is C32H24O. The number of benzene rings is 4. The van der Waals surface area contributed by atoms with Gasteiger partial charge in [0, 0.05) is 11.8 Å². The molecule has 1 heterocycles. The fraction of sp³-hybridized carbons (Fsp3) is 0.125. The molecule has 1 aliphatic heterocycles. The predicted molar refractivity (Wildman–Crippen MR) is 136 cm³/mol. The molecule has 158 valence electrons. The van der Waals surface area contributed by atoms with Crippen LogP contribution in [0.1, 0.15) is 45.2 Å². The summed E-state index contributed by atoms with van der Waals surface area (Å²) in [6, 6.07) is 39.1. The van der Waals surface area contributed by atoms with E-state index in [1.54, 1.807) is 0 Å². The molecule has 33 heavy (non-hydrogen) atoms. The molecule has 0 radical (unpaired) electrons. The summed E-state index contributed by atoms with van der Waals surface area (Å²) in [5.74, 6) is 0.674. The second-order valence-corrected chi connectivity index (χ2v) is 9.22. The lowest BCUT2D eigenvalue weighted by molar-refractivity contribution is 0.110. The van der Waals surface area contributed by atoms with E-state index in [1.807, 2.05) is 0 Å². The number of hydrogen-bond acceptors (Lipinski definition) is 1. The summed E-state index contributed by atoms with van der Waals surface area (Å²) < 4.78 is 7.01. The lowest BCUT2D eigenvalue weighted by atomic mass is 9.83. The smallest absolute Gasteiger partial charge is 0.0915 e. The van der Waals surface area contributed by atoms with Crippen LogP contribution >= 0.6 is 0 Å². The van der Waals surface area contributed by atoms with Crippen LogP contribution in [0.5, 0.6) is 0 Å². The van der Waals surface area contributed by atoms with E-state index in [1.165, 1.54) is 44.5 Å². The van der Waals surface area contributed by atoms with Crippen LogP contribution in [0.3, 0.4) is 0 Å². The molecule has 1 heteroatoms. The maximum absolute atomic E-state index is 7.01. The van der Waals surface area contributed by atoms with Crippen LogP contribution in [0, 0.1) is 0 Å². The van der Waals surface area contributed by atoms with Crippen molar-refractivity contribution in [3.63, 3.8) is 0 Å². The van der Waals surface area contributed by atoms with E-state index in [-0.39, 0.29) is 12.2 Å². The van der Waals surface area contributed by atoms with Crippen molar-refractivity contribution in [2.75, 3.05) is 0 Å². The van der Waals surface area contributed by atoms with Gasteiger partial charge in [-0.1, -0.05) is 109 Å². The molecule has 4 aromatic carbocycles. The van der Waals surface area contributed by atoms with E-state index in [4.69, 9.17) is 4.74 Å². The second kappa shape index (κ2) is 7.43. The Bertz CT molecular complexity index is 1290. The highest BCUT2D eigenvalue weighted by Crippen LogP contribution is 2.62. The van der Waals surface area contributed by atoms with Gasteiger partial charge in [0.05, 0.1) is 12.2 Å². The lowest BCUT2D eigenvalue weighted by Gasteiger charge is -2.17. The third kappa shape index (κ3) is 2.90. The third-order valence-corrected chi connectivity index (χ3v) is 7.45. The lowest BCUT2D eigenvalue weighted by Crippen LogP contribution is -2.12. The molecule has 0 saturated carbocycles. The Morgan fingerprint density at radius 3 is 1.30 bits per heavy atom. The molecule has 0 aromatic heterocycles. The van der Waals surface area contributed by atoms with Crippen molar-refractivity contribution in [2.24, 2.45) is 0 Å². The molecule has 0 spiro atoms. The van der Waals surface area contributed by atoms with Crippen molar-refractivity contribution in [1.82, 2.24) is 0 Å². The SMILES string of the molecule is C(=C1\c2ccccc2[C@@H]2[C@@H]3c4ccccc4/C(=C\c4ccccc4)[C@H]3O[C@@H]12)/c1ccccc1. The summed E-state index contributed by atoms with van der Waals surface area (Å²) in [6.45, 7) is 0. The average Bonchev–Trinajstić information content (AvgIpc) is 3.49. The molecule has 4 atom stereocenters. The van der Waals surface area contributed by atoms with Gasteiger partial charge in [0.2, 0.25) is 0 Å². The summed E-state index contributed by atoms with van der Waals surface area (Å²) in [7, 11) is 0. The van der Waals surface area contributed by atoms with Crippen molar-refractivity contribution in [3.05, 3.63) is 143 Å². The molecule has 7 rings (SSSR count). The molecule has 0 N–H and O–H groups in total. The van der Waals surface area contributed by atoms with Crippen LogP contribution < -0.4 is 0 Å². The van der Waals surface area contributed by atoms with Gasteiger partial charge in [0.1, 0.15) is 0 Å². The van der Waals surface area contributed by atoms with E-state index in [9.17, 15) is 0 Å². The van der Waals surface area contributed by atoms with Crippen molar-refractivity contribution >= 4 is 23.3 Å². The van der Waals surface area contributed by atoms with Gasteiger partial charge in [0.25, 0.3) is 0 Å². The fourth-order valence-electron chi connectivity index (χ4n) is 6.14. The zero-order chi connectivity index (χ0) is 21.8. The van der Waals surface area contributed by atoms with Crippen LogP contribution in [0.15, 0.2) is 109 Å². The quantitative estimate of drug-likeness (QED) is 0.325. The highest BCUT2D eigenvalue weighted by Gasteiger charge is 2.56. The van der Waals surface area contributed by atoms with E-state index in [0.29, 0.717) is 11.8 Å². The first-order chi connectivity index (χ1) is 16.4. The summed E-state index contributed by atoms with van der Waals surface area (Å²) in [4.78, 5) is 0. The van der Waals surface area contributed by atoms with E-state index >= 15 is 0 Å². The first kappa shape index (κ1) is 18.8. The topological polar surface area (TPSA) is 9.23 Å². The van der Waals surface area contributed by atoms with E-state index in [0.717, 1.165) is 0 Å². The van der Waals surface area contributed by atoms with Crippen LogP contribution in [0.2, 0.25) is 0 Å². The van der Waals surface area contributed by atoms with Crippen LogP contribution in [-0.2, 0) is 4.74 Å². The zero-order valence-corrected chi connectivity index (χ0v) is 18.3. The van der Waals surface area contributed by atoms with Gasteiger partial charge in [-0.05, 0) is 56.7 Å². The van der Waals surface area contributed by atoms with E-state index < -0.39 is 0 Å². The summed E-state index contributed by atoms with van der Waals surface area (Å²) >= 11 is 0. The van der Waals surface area contributed by atoms with Gasteiger partial charge in [-0.15, -0.1) is 0 Å². The van der Waals surface area contributed by atoms with E-state index in [2.05, 4.69) is 121 Å². The zero-order valence-electron chi connectivity index (χ0n) is 18.3. The second-order valence-electron chi connectivity index (χ2n) is 9.22. The van der Waals surface area contributed by atoms with Crippen LogP contribution in [-0.4, -0.2) is 12.2 Å². The molecule has 1 fully saturated rings. The molecule has 1 saturated heterocycles. The molecule has 0 amide bonds. The Labute approximate surface area is 194 Å². The van der Waals surface area contributed by atoms with Gasteiger partial charge < -0.3 is 4.74 Å². The Kier molecular flexibility index (Phi) is 4.25. The summed E-state index contributed by atoms with van der Waals surface area (Å²) in [5.41, 5.74) is 10.6. The molecule has 2 aliphatic carbocycles. The van der Waals surface area contributed by atoms with Crippen molar-refractivity contribution < 1.29 is 4.74 Å². The molecule has 0 unspecified atom stereocenters. The van der Waals surface area contributed by atoms with Gasteiger partial charge in [0.15, 0.2) is 0 Å². The Balaban J connectivity index is 1.40. The number of fused-ring (bicyclic) bond motifs is 7. The normalized spacial score (nSPS) is 26.8. The van der Waals surface area contributed by atoms with Gasteiger partial charge in [-0.25, -0.2) is 0 Å². The van der Waals surface area contributed by atoms with Crippen LogP contribution in [0.4, 0.5) is 0 Å². The summed E-state index contributed by atoms with van der Waals surface area (Å²) in [5, 5.41) is 0. The molecule has 3 aliphatic rings. The van der Waals surface area contributed by atoms with Gasteiger partial charge >= 0.3 is 0 Å². The standard InChI is InChI=1S/C32H24O/c1-3-11-21(12-4-1)19-27-23-15-7-9-17-25(23)29-30-26-18-10-8-16-24(26)28(32(30)33-31(27)29)20-22-13-5-2-6-14-22/h1-20,29-32H/b27-19-,28-20+/t29-,30+,31+,32-/m1/s1. The fourth-order valence-corrected chi connectivity index (χ4v) is 6.14. The first-order valence-corrected chi connectivity index (χ1v) is 11.8. The van der Waals surface area contributed by atoms with Crippen molar-refractivity contribution in [2.45, 2.75) is 24.0 Å². The Hall–Kier alpha value is -3.68. The van der Waals surface area contributed by atoms with Crippen molar-refractivity contribution in [1.29, 1.82) is 0 Å². The number of hydrogen-bond donors (Lipinski definition) is 0. The number of ether oxygens (including phenoxy) is 1. The average molecular weight is 425 g/mol. The molecule has 4 aromatic rings. The highest BCUT2D eigenvalue weighted by atomic mass is 16.5. The maximum Gasteiger partial charge on any atom is 0.0915 e. The minimum absolute atomic E-state index is 0.0742. The van der Waals surface area contributed by atoms with Gasteiger partial charge in [-0.3, -0.25) is 0 Å². The monoisotopic (exact) mass is 424 g/mol. The minimum atomic E-state index is 0.0742. The first-order valence-electron chi connectivity index (χ1n) is 11.8.